The summed E-state index contributed by atoms with van der Waals surface area (Å²) in [5.41, 5.74) is 1.05. The van der Waals surface area contributed by atoms with Crippen molar-refractivity contribution in [1.82, 2.24) is 9.88 Å². The Labute approximate surface area is 116 Å². The molecule has 0 saturated heterocycles. The molecule has 0 saturated carbocycles. The second kappa shape index (κ2) is 6.33. The van der Waals surface area contributed by atoms with Crippen LogP contribution < -0.4 is 5.32 Å². The number of nitro benzene ring substituents is 1. The van der Waals surface area contributed by atoms with E-state index in [0.717, 1.165) is 26.2 Å². The maximum atomic E-state index is 10.7. The van der Waals surface area contributed by atoms with Gasteiger partial charge in [-0.2, -0.15) is 4.98 Å². The van der Waals surface area contributed by atoms with Crippen LogP contribution >= 0.6 is 0 Å². The molecule has 0 aliphatic heterocycles. The molecule has 7 nitrogen and oxygen atoms in total. The molecule has 1 aromatic carbocycles. The zero-order chi connectivity index (χ0) is 14.5. The van der Waals surface area contributed by atoms with Gasteiger partial charge in [-0.1, -0.05) is 13.8 Å². The molecule has 2 rings (SSSR count). The average Bonchev–Trinajstić information content (AvgIpc) is 2.85. The van der Waals surface area contributed by atoms with Crippen LogP contribution in [0, 0.1) is 10.1 Å². The number of hydrogen-bond donors (Lipinski definition) is 1. The van der Waals surface area contributed by atoms with E-state index < -0.39 is 4.92 Å². The molecule has 20 heavy (non-hydrogen) atoms. The molecule has 0 unspecified atom stereocenters. The number of hydrogen-bond acceptors (Lipinski definition) is 6. The largest absolute Gasteiger partial charge is 0.424 e. The molecule has 108 valence electrons. The van der Waals surface area contributed by atoms with Crippen molar-refractivity contribution in [2.45, 2.75) is 13.8 Å². The van der Waals surface area contributed by atoms with Crippen LogP contribution in [0.4, 0.5) is 11.7 Å². The number of nitrogens with zero attached hydrogens (tertiary/aromatic N) is 3. The van der Waals surface area contributed by atoms with Gasteiger partial charge in [0.15, 0.2) is 5.58 Å². The van der Waals surface area contributed by atoms with Crippen LogP contribution in [0.15, 0.2) is 22.6 Å². The van der Waals surface area contributed by atoms with E-state index in [1.165, 1.54) is 12.1 Å². The van der Waals surface area contributed by atoms with Gasteiger partial charge in [0.25, 0.3) is 11.7 Å². The molecular formula is C13H18N4O3. The Kier molecular flexibility index (Phi) is 4.52. The Morgan fingerprint density at radius 3 is 2.80 bits per heavy atom. The molecule has 0 aliphatic carbocycles. The van der Waals surface area contributed by atoms with E-state index in [1.54, 1.807) is 6.07 Å². The fraction of sp³-hybridized carbons (Fsp3) is 0.462. The molecule has 0 bridgehead atoms. The third kappa shape index (κ3) is 3.24. The number of likely N-dealkylation sites (N-methyl/N-ethyl adjacent to an activating group) is 1. The SMILES string of the molecule is CCN(CC)CCNc1nc2cc([N+](=O)[O-])ccc2o1. The maximum Gasteiger partial charge on any atom is 0.295 e. The van der Waals surface area contributed by atoms with Gasteiger partial charge in [-0.15, -0.1) is 0 Å². The molecule has 1 N–H and O–H groups in total. The first-order chi connectivity index (χ1) is 9.63. The zero-order valence-electron chi connectivity index (χ0n) is 11.6. The number of non-ortho nitro benzene ring substituents is 1. The summed E-state index contributed by atoms with van der Waals surface area (Å²) >= 11 is 0. The topological polar surface area (TPSA) is 84.4 Å². The maximum absolute atomic E-state index is 10.7. The summed E-state index contributed by atoms with van der Waals surface area (Å²) in [5.74, 6) is 0. The highest BCUT2D eigenvalue weighted by Crippen LogP contribution is 2.23. The van der Waals surface area contributed by atoms with Gasteiger partial charge in [0.2, 0.25) is 0 Å². The van der Waals surface area contributed by atoms with Crippen molar-refractivity contribution in [2.75, 3.05) is 31.5 Å². The first kappa shape index (κ1) is 14.3. The monoisotopic (exact) mass is 278 g/mol. The first-order valence-corrected chi connectivity index (χ1v) is 6.65. The van der Waals surface area contributed by atoms with Crippen molar-refractivity contribution in [3.8, 4) is 0 Å². The van der Waals surface area contributed by atoms with Gasteiger partial charge in [0, 0.05) is 25.2 Å². The van der Waals surface area contributed by atoms with Gasteiger partial charge < -0.3 is 14.6 Å². The normalized spacial score (nSPS) is 11.2. The van der Waals surface area contributed by atoms with Crippen LogP contribution in [0.25, 0.3) is 11.1 Å². The molecule has 1 aromatic heterocycles. The number of oxazole rings is 1. The van der Waals surface area contributed by atoms with E-state index in [-0.39, 0.29) is 5.69 Å². The number of nitro groups is 1. The summed E-state index contributed by atoms with van der Waals surface area (Å²) in [7, 11) is 0. The van der Waals surface area contributed by atoms with Gasteiger partial charge in [0.1, 0.15) is 5.52 Å². The van der Waals surface area contributed by atoms with E-state index in [1.807, 2.05) is 0 Å². The second-order valence-electron chi connectivity index (χ2n) is 4.38. The Morgan fingerprint density at radius 2 is 2.15 bits per heavy atom. The first-order valence-electron chi connectivity index (χ1n) is 6.65. The fourth-order valence-corrected chi connectivity index (χ4v) is 1.97. The summed E-state index contributed by atoms with van der Waals surface area (Å²) in [6, 6.07) is 4.78. The van der Waals surface area contributed by atoms with Crippen molar-refractivity contribution in [3.05, 3.63) is 28.3 Å². The molecule has 0 atom stereocenters. The number of benzene rings is 1. The van der Waals surface area contributed by atoms with Crippen molar-refractivity contribution >= 4 is 22.8 Å². The van der Waals surface area contributed by atoms with Crippen molar-refractivity contribution in [3.63, 3.8) is 0 Å². The van der Waals surface area contributed by atoms with E-state index >= 15 is 0 Å². The minimum Gasteiger partial charge on any atom is -0.424 e. The summed E-state index contributed by atoms with van der Waals surface area (Å²) in [4.78, 5) is 16.7. The van der Waals surface area contributed by atoms with Crippen LogP contribution in [0.5, 0.6) is 0 Å². The molecule has 1 heterocycles. The minimum atomic E-state index is -0.443. The summed E-state index contributed by atoms with van der Waals surface area (Å²) in [5, 5.41) is 13.8. The summed E-state index contributed by atoms with van der Waals surface area (Å²) in [6.07, 6.45) is 0. The van der Waals surface area contributed by atoms with E-state index in [0.29, 0.717) is 17.1 Å². The van der Waals surface area contributed by atoms with Crippen LogP contribution in [-0.4, -0.2) is 41.0 Å². The van der Waals surface area contributed by atoms with Crippen LogP contribution in [-0.2, 0) is 0 Å². The van der Waals surface area contributed by atoms with Gasteiger partial charge >= 0.3 is 0 Å². The van der Waals surface area contributed by atoms with E-state index in [9.17, 15) is 10.1 Å². The second-order valence-corrected chi connectivity index (χ2v) is 4.38. The number of nitrogens with one attached hydrogen (secondary N) is 1. The highest BCUT2D eigenvalue weighted by molar-refractivity contribution is 5.77. The van der Waals surface area contributed by atoms with Crippen LogP contribution in [0.1, 0.15) is 13.8 Å². The molecule has 0 radical (unpaired) electrons. The summed E-state index contributed by atoms with van der Waals surface area (Å²) < 4.78 is 5.49. The van der Waals surface area contributed by atoms with Crippen LogP contribution in [0.2, 0.25) is 0 Å². The van der Waals surface area contributed by atoms with Crippen LogP contribution in [0.3, 0.4) is 0 Å². The number of fused-ring (bicyclic) bond motifs is 1. The zero-order valence-corrected chi connectivity index (χ0v) is 11.6. The minimum absolute atomic E-state index is 0.0143. The molecular weight excluding hydrogens is 260 g/mol. The Hall–Kier alpha value is -2.15. The van der Waals surface area contributed by atoms with E-state index in [4.69, 9.17) is 4.42 Å². The predicted octanol–water partition coefficient (Wildman–Crippen LogP) is 2.49. The lowest BCUT2D eigenvalue weighted by Gasteiger charge is -2.17. The molecule has 0 spiro atoms. The molecule has 2 aromatic rings. The van der Waals surface area contributed by atoms with Crippen molar-refractivity contribution < 1.29 is 9.34 Å². The lowest BCUT2D eigenvalue weighted by Crippen LogP contribution is -2.28. The quantitative estimate of drug-likeness (QED) is 0.618. The molecule has 0 fully saturated rings. The molecule has 0 amide bonds. The van der Waals surface area contributed by atoms with Crippen molar-refractivity contribution in [1.29, 1.82) is 0 Å². The third-order valence-corrected chi connectivity index (χ3v) is 3.18. The van der Waals surface area contributed by atoms with Gasteiger partial charge in [-0.3, -0.25) is 10.1 Å². The third-order valence-electron chi connectivity index (χ3n) is 3.18. The van der Waals surface area contributed by atoms with E-state index in [2.05, 4.69) is 29.0 Å². The lowest BCUT2D eigenvalue weighted by molar-refractivity contribution is -0.384. The number of anilines is 1. The molecule has 7 heteroatoms. The lowest BCUT2D eigenvalue weighted by atomic mass is 10.3. The number of aromatic nitrogens is 1. The van der Waals surface area contributed by atoms with Gasteiger partial charge in [0.05, 0.1) is 4.92 Å². The molecule has 0 aliphatic rings. The predicted molar refractivity (Wildman–Crippen MR) is 76.9 cm³/mol. The standard InChI is InChI=1S/C13H18N4O3/c1-3-16(4-2)8-7-14-13-15-11-9-10(17(18)19)5-6-12(11)20-13/h5-6,9H,3-4,7-8H2,1-2H3,(H,14,15). The van der Waals surface area contributed by atoms with Crippen molar-refractivity contribution in [2.24, 2.45) is 0 Å². The number of rotatable bonds is 7. The highest BCUT2D eigenvalue weighted by Gasteiger charge is 2.11. The Balaban J connectivity index is 2.02. The fourth-order valence-electron chi connectivity index (χ4n) is 1.97. The average molecular weight is 278 g/mol. The Bertz CT molecular complexity index is 592. The van der Waals surface area contributed by atoms with Gasteiger partial charge in [-0.05, 0) is 19.2 Å². The van der Waals surface area contributed by atoms with Gasteiger partial charge in [-0.25, -0.2) is 0 Å². The summed E-state index contributed by atoms with van der Waals surface area (Å²) in [6.45, 7) is 7.84. The smallest absolute Gasteiger partial charge is 0.295 e. The highest BCUT2D eigenvalue weighted by atomic mass is 16.6. The Morgan fingerprint density at radius 1 is 1.40 bits per heavy atom.